The average molecular weight is 385 g/mol. The number of carbonyl (C=O) groups excluding carboxylic acids is 1. The molecule has 2 aromatic rings. The molecule has 8 nitrogen and oxygen atoms in total. The smallest absolute Gasteiger partial charge is 0.370 e. The molecule has 27 heavy (non-hydrogen) atoms. The van der Waals surface area contributed by atoms with E-state index < -0.39 is 17.3 Å². The quantitative estimate of drug-likeness (QED) is 0.707. The summed E-state index contributed by atoms with van der Waals surface area (Å²) in [6, 6.07) is 0. The minimum absolute atomic E-state index is 0.0145. The third-order valence-corrected chi connectivity index (χ3v) is 3.94. The van der Waals surface area contributed by atoms with Crippen molar-refractivity contribution in [2.45, 2.75) is 39.4 Å². The van der Waals surface area contributed by atoms with Crippen molar-refractivity contribution >= 4 is 23.4 Å². The van der Waals surface area contributed by atoms with E-state index in [1.165, 1.54) is 11.7 Å². The van der Waals surface area contributed by atoms with Gasteiger partial charge in [0.05, 0.1) is 17.6 Å². The first kappa shape index (κ1) is 20.5. The van der Waals surface area contributed by atoms with Crippen LogP contribution in [0.5, 0.6) is 0 Å². The van der Waals surface area contributed by atoms with Crippen molar-refractivity contribution in [2.75, 3.05) is 24.2 Å². The van der Waals surface area contributed by atoms with Crippen molar-refractivity contribution in [1.82, 2.24) is 25.1 Å². The summed E-state index contributed by atoms with van der Waals surface area (Å²) < 4.78 is 40.6. The highest BCUT2D eigenvalue weighted by atomic mass is 19.4. The van der Waals surface area contributed by atoms with Crippen molar-refractivity contribution < 1.29 is 18.0 Å². The number of likely N-dealkylation sites (N-methyl/N-ethyl adjacent to an activating group) is 1. The van der Waals surface area contributed by atoms with Crippen LogP contribution < -0.4 is 16.0 Å². The number of nitrogens with zero attached hydrogens (tertiary/aromatic N) is 4. The maximum absolute atomic E-state index is 13.0. The van der Waals surface area contributed by atoms with Gasteiger partial charge in [-0.25, -0.2) is 4.98 Å². The van der Waals surface area contributed by atoms with Crippen molar-refractivity contribution in [3.63, 3.8) is 0 Å². The maximum Gasteiger partial charge on any atom is 0.421 e. The van der Waals surface area contributed by atoms with Crippen LogP contribution >= 0.6 is 0 Å². The SMILES string of the molecule is CCNc1nc(Nc2cn(C(C)(C)C(=O)NC)nc2C)ncc1C(F)(F)F. The second-order valence-corrected chi connectivity index (χ2v) is 6.32. The Labute approximate surface area is 154 Å². The zero-order chi connectivity index (χ0) is 20.4. The number of aryl methyl sites for hydroxylation is 1. The van der Waals surface area contributed by atoms with Gasteiger partial charge in [0.2, 0.25) is 11.9 Å². The van der Waals surface area contributed by atoms with E-state index in [9.17, 15) is 18.0 Å². The molecule has 0 aliphatic rings. The van der Waals surface area contributed by atoms with E-state index in [2.05, 4.69) is 31.0 Å². The fraction of sp³-hybridized carbons (Fsp3) is 0.500. The summed E-state index contributed by atoms with van der Waals surface area (Å²) in [6.45, 7) is 7.04. The van der Waals surface area contributed by atoms with Gasteiger partial charge in [0.15, 0.2) is 0 Å². The molecule has 0 unspecified atom stereocenters. The summed E-state index contributed by atoms with van der Waals surface area (Å²) in [6.07, 6.45) is -2.26. The summed E-state index contributed by atoms with van der Waals surface area (Å²) in [4.78, 5) is 19.7. The van der Waals surface area contributed by atoms with Gasteiger partial charge in [-0.3, -0.25) is 9.48 Å². The van der Waals surface area contributed by atoms with Crippen LogP contribution in [-0.2, 0) is 16.5 Å². The van der Waals surface area contributed by atoms with E-state index in [0.29, 0.717) is 11.4 Å². The van der Waals surface area contributed by atoms with Crippen molar-refractivity contribution in [1.29, 1.82) is 0 Å². The molecule has 0 atom stereocenters. The molecule has 2 heterocycles. The first-order chi connectivity index (χ1) is 12.5. The molecule has 11 heteroatoms. The standard InChI is InChI=1S/C16H22F3N7O/c1-6-21-12-10(16(17,18)19)7-22-14(24-12)23-11-8-26(25-9(11)2)15(3,4)13(27)20-5/h7-8H,6H2,1-5H3,(H,20,27)(H2,21,22,23,24). The minimum atomic E-state index is -4.56. The minimum Gasteiger partial charge on any atom is -0.370 e. The summed E-state index contributed by atoms with van der Waals surface area (Å²) >= 11 is 0. The lowest BCUT2D eigenvalue weighted by Crippen LogP contribution is -2.43. The van der Waals surface area contributed by atoms with Crippen LogP contribution in [0.3, 0.4) is 0 Å². The summed E-state index contributed by atoms with van der Waals surface area (Å²) in [7, 11) is 1.53. The van der Waals surface area contributed by atoms with Gasteiger partial charge in [-0.2, -0.15) is 23.3 Å². The normalized spacial score (nSPS) is 12.0. The van der Waals surface area contributed by atoms with Gasteiger partial charge < -0.3 is 16.0 Å². The number of hydrogen-bond acceptors (Lipinski definition) is 6. The van der Waals surface area contributed by atoms with E-state index >= 15 is 0 Å². The molecule has 0 radical (unpaired) electrons. The fourth-order valence-corrected chi connectivity index (χ4v) is 2.35. The molecule has 0 bridgehead atoms. The third kappa shape index (κ3) is 4.29. The Kier molecular flexibility index (Phi) is 5.62. The van der Waals surface area contributed by atoms with Gasteiger partial charge >= 0.3 is 6.18 Å². The Balaban J connectivity index is 2.35. The molecule has 0 saturated carbocycles. The van der Waals surface area contributed by atoms with E-state index in [0.717, 1.165) is 6.20 Å². The zero-order valence-corrected chi connectivity index (χ0v) is 15.7. The molecule has 1 amide bonds. The molecule has 0 aliphatic carbocycles. The topological polar surface area (TPSA) is 96.8 Å². The van der Waals surface area contributed by atoms with Gasteiger partial charge in [-0.05, 0) is 27.7 Å². The Bertz CT molecular complexity index is 830. The highest BCUT2D eigenvalue weighted by Crippen LogP contribution is 2.34. The molecular formula is C16H22F3N7O. The summed E-state index contributed by atoms with van der Waals surface area (Å²) in [5.41, 5.74) is -0.868. The molecular weight excluding hydrogens is 363 g/mol. The highest BCUT2D eigenvalue weighted by molar-refractivity contribution is 5.83. The van der Waals surface area contributed by atoms with Gasteiger partial charge in [0.1, 0.15) is 16.9 Å². The Hall–Kier alpha value is -2.85. The maximum atomic E-state index is 13.0. The predicted molar refractivity (Wildman–Crippen MR) is 94.8 cm³/mol. The van der Waals surface area contributed by atoms with Crippen LogP contribution in [0.2, 0.25) is 0 Å². The molecule has 0 aliphatic heterocycles. The van der Waals surface area contributed by atoms with Crippen molar-refractivity contribution in [3.8, 4) is 0 Å². The van der Waals surface area contributed by atoms with Gasteiger partial charge in [-0.15, -0.1) is 0 Å². The first-order valence-electron chi connectivity index (χ1n) is 8.24. The van der Waals surface area contributed by atoms with E-state index in [-0.39, 0.29) is 24.2 Å². The molecule has 0 saturated heterocycles. The molecule has 0 spiro atoms. The number of halogens is 3. The molecule has 2 aromatic heterocycles. The van der Waals surface area contributed by atoms with Gasteiger partial charge in [0, 0.05) is 19.8 Å². The van der Waals surface area contributed by atoms with Crippen LogP contribution in [0, 0.1) is 6.92 Å². The Morgan fingerprint density at radius 2 is 1.96 bits per heavy atom. The van der Waals surface area contributed by atoms with Gasteiger partial charge in [-0.1, -0.05) is 0 Å². The Morgan fingerprint density at radius 1 is 1.30 bits per heavy atom. The number of alkyl halides is 3. The van der Waals surface area contributed by atoms with E-state index in [1.54, 1.807) is 33.9 Å². The van der Waals surface area contributed by atoms with Crippen molar-refractivity contribution in [3.05, 3.63) is 23.7 Å². The predicted octanol–water partition coefficient (Wildman–Crippen LogP) is 2.66. The number of nitrogens with one attached hydrogen (secondary N) is 3. The monoisotopic (exact) mass is 385 g/mol. The zero-order valence-electron chi connectivity index (χ0n) is 15.7. The number of rotatable bonds is 6. The molecule has 3 N–H and O–H groups in total. The molecule has 148 valence electrons. The second kappa shape index (κ2) is 7.41. The molecule has 0 aromatic carbocycles. The lowest BCUT2D eigenvalue weighted by atomic mass is 10.1. The summed E-state index contributed by atoms with van der Waals surface area (Å²) in [5.74, 6) is -0.561. The molecule has 0 fully saturated rings. The first-order valence-corrected chi connectivity index (χ1v) is 8.24. The van der Waals surface area contributed by atoms with Gasteiger partial charge in [0.25, 0.3) is 0 Å². The number of carbonyl (C=O) groups is 1. The molecule has 2 rings (SSSR count). The Morgan fingerprint density at radius 3 is 2.52 bits per heavy atom. The lowest BCUT2D eigenvalue weighted by Gasteiger charge is -2.23. The average Bonchev–Trinajstić information content (AvgIpc) is 2.95. The second-order valence-electron chi connectivity index (χ2n) is 6.32. The van der Waals surface area contributed by atoms with Crippen LogP contribution in [-0.4, -0.2) is 39.2 Å². The highest BCUT2D eigenvalue weighted by Gasteiger charge is 2.35. The number of aromatic nitrogens is 4. The van der Waals surface area contributed by atoms with Crippen molar-refractivity contribution in [2.24, 2.45) is 0 Å². The lowest BCUT2D eigenvalue weighted by molar-refractivity contribution is -0.137. The third-order valence-electron chi connectivity index (χ3n) is 3.94. The van der Waals surface area contributed by atoms with Crippen LogP contribution in [0.15, 0.2) is 12.4 Å². The van der Waals surface area contributed by atoms with Crippen LogP contribution in [0.4, 0.5) is 30.6 Å². The fourth-order valence-electron chi connectivity index (χ4n) is 2.35. The summed E-state index contributed by atoms with van der Waals surface area (Å²) in [5, 5.41) is 12.3. The van der Waals surface area contributed by atoms with E-state index in [1.807, 2.05) is 0 Å². The van der Waals surface area contributed by atoms with Crippen LogP contribution in [0.1, 0.15) is 32.0 Å². The number of amides is 1. The van der Waals surface area contributed by atoms with E-state index in [4.69, 9.17) is 0 Å². The van der Waals surface area contributed by atoms with Crippen LogP contribution in [0.25, 0.3) is 0 Å². The largest absolute Gasteiger partial charge is 0.421 e. The number of hydrogen-bond donors (Lipinski definition) is 3. The number of anilines is 3.